The van der Waals surface area contributed by atoms with Crippen LogP contribution in [0.2, 0.25) is 0 Å². The quantitative estimate of drug-likeness (QED) is 0.805. The van der Waals surface area contributed by atoms with Gasteiger partial charge in [0, 0.05) is 24.6 Å². The van der Waals surface area contributed by atoms with Crippen LogP contribution in [0.5, 0.6) is 0 Å². The monoisotopic (exact) mass is 248 g/mol. The van der Waals surface area contributed by atoms with Gasteiger partial charge in [0.1, 0.15) is 0 Å². The average Bonchev–Trinajstić information content (AvgIpc) is 2.39. The van der Waals surface area contributed by atoms with E-state index in [4.69, 9.17) is 0 Å². The molecule has 0 aromatic heterocycles. The molecule has 2 amide bonds. The summed E-state index contributed by atoms with van der Waals surface area (Å²) in [5.41, 5.74) is 0.611. The van der Waals surface area contributed by atoms with Gasteiger partial charge in [-0.1, -0.05) is 25.1 Å². The van der Waals surface area contributed by atoms with Gasteiger partial charge in [0.15, 0.2) is 0 Å². The molecule has 4 heteroatoms. The van der Waals surface area contributed by atoms with Crippen molar-refractivity contribution in [3.8, 4) is 0 Å². The normalized spacial score (nSPS) is 11.7. The zero-order chi connectivity index (χ0) is 13.4. The van der Waals surface area contributed by atoms with Gasteiger partial charge < -0.3 is 10.6 Å². The van der Waals surface area contributed by atoms with Crippen LogP contribution in [-0.4, -0.2) is 24.4 Å². The Bertz CT molecular complexity index is 390. The largest absolute Gasteiger partial charge is 0.354 e. The second kappa shape index (κ2) is 7.48. The molecule has 0 aliphatic carbocycles. The molecule has 18 heavy (non-hydrogen) atoms. The van der Waals surface area contributed by atoms with E-state index in [1.165, 1.54) is 0 Å². The maximum Gasteiger partial charge on any atom is 0.251 e. The van der Waals surface area contributed by atoms with Crippen molar-refractivity contribution in [1.82, 2.24) is 10.6 Å². The van der Waals surface area contributed by atoms with Crippen LogP contribution in [0, 0.1) is 0 Å². The fraction of sp³-hybridized carbons (Fsp3) is 0.429. The third-order valence-electron chi connectivity index (χ3n) is 2.69. The van der Waals surface area contributed by atoms with Crippen LogP contribution in [0.3, 0.4) is 0 Å². The maximum atomic E-state index is 11.7. The Morgan fingerprint density at radius 1 is 1.22 bits per heavy atom. The molecule has 4 nitrogen and oxygen atoms in total. The van der Waals surface area contributed by atoms with Gasteiger partial charge in [-0.15, -0.1) is 0 Å². The molecule has 0 aliphatic rings. The van der Waals surface area contributed by atoms with Crippen molar-refractivity contribution < 1.29 is 9.59 Å². The first-order chi connectivity index (χ1) is 8.63. The van der Waals surface area contributed by atoms with E-state index in [0.29, 0.717) is 18.5 Å². The zero-order valence-electron chi connectivity index (χ0n) is 10.9. The second-order valence-corrected chi connectivity index (χ2v) is 4.25. The maximum absolute atomic E-state index is 11.7. The second-order valence-electron chi connectivity index (χ2n) is 4.25. The highest BCUT2D eigenvalue weighted by Crippen LogP contribution is 1.97. The fourth-order valence-electron chi connectivity index (χ4n) is 1.43. The highest BCUT2D eigenvalue weighted by atomic mass is 16.2. The summed E-state index contributed by atoms with van der Waals surface area (Å²) in [5.74, 6) is -0.176. The predicted octanol–water partition coefficient (Wildman–Crippen LogP) is 1.72. The number of nitrogens with one attached hydrogen (secondary N) is 2. The fourth-order valence-corrected chi connectivity index (χ4v) is 1.43. The molecule has 0 aliphatic heterocycles. The van der Waals surface area contributed by atoms with E-state index in [2.05, 4.69) is 10.6 Å². The minimum absolute atomic E-state index is 0.0299. The van der Waals surface area contributed by atoms with Crippen molar-refractivity contribution in [2.45, 2.75) is 32.7 Å². The lowest BCUT2D eigenvalue weighted by Crippen LogP contribution is -2.35. The first-order valence-electron chi connectivity index (χ1n) is 6.26. The van der Waals surface area contributed by atoms with E-state index >= 15 is 0 Å². The van der Waals surface area contributed by atoms with Crippen LogP contribution in [0.4, 0.5) is 0 Å². The smallest absolute Gasteiger partial charge is 0.251 e. The SMILES string of the molecule is CC[C@H](C)NC(=O)CCNC(=O)c1ccccc1. The molecule has 0 saturated heterocycles. The molecular weight excluding hydrogens is 228 g/mol. The summed E-state index contributed by atoms with van der Waals surface area (Å²) < 4.78 is 0. The van der Waals surface area contributed by atoms with Crippen LogP contribution in [0.1, 0.15) is 37.0 Å². The van der Waals surface area contributed by atoms with E-state index < -0.39 is 0 Å². The van der Waals surface area contributed by atoms with E-state index in [1.807, 2.05) is 32.0 Å². The Balaban J connectivity index is 2.26. The minimum Gasteiger partial charge on any atom is -0.354 e. The number of rotatable bonds is 6. The summed E-state index contributed by atoms with van der Waals surface area (Å²) in [7, 11) is 0. The Kier molecular flexibility index (Phi) is 5.91. The Morgan fingerprint density at radius 2 is 1.89 bits per heavy atom. The van der Waals surface area contributed by atoms with Crippen molar-refractivity contribution >= 4 is 11.8 Å². The molecule has 0 heterocycles. The third-order valence-corrected chi connectivity index (χ3v) is 2.69. The number of hydrogen-bond acceptors (Lipinski definition) is 2. The first kappa shape index (κ1) is 14.2. The zero-order valence-corrected chi connectivity index (χ0v) is 10.9. The molecule has 1 rings (SSSR count). The molecule has 0 saturated carbocycles. The minimum atomic E-state index is -0.146. The Labute approximate surface area is 108 Å². The van der Waals surface area contributed by atoms with E-state index in [1.54, 1.807) is 12.1 Å². The Hall–Kier alpha value is -1.84. The van der Waals surface area contributed by atoms with Gasteiger partial charge >= 0.3 is 0 Å². The van der Waals surface area contributed by atoms with Crippen LogP contribution < -0.4 is 10.6 Å². The van der Waals surface area contributed by atoms with Crippen LogP contribution >= 0.6 is 0 Å². The highest BCUT2D eigenvalue weighted by molar-refractivity contribution is 5.94. The van der Waals surface area contributed by atoms with Crippen molar-refractivity contribution in [3.63, 3.8) is 0 Å². The number of carbonyl (C=O) groups is 2. The standard InChI is InChI=1S/C14H20N2O2/c1-3-11(2)16-13(17)9-10-15-14(18)12-7-5-4-6-8-12/h4-8,11H,3,9-10H2,1-2H3,(H,15,18)(H,16,17)/t11-/m0/s1. The van der Waals surface area contributed by atoms with Gasteiger partial charge in [0.2, 0.25) is 5.91 Å². The van der Waals surface area contributed by atoms with Gasteiger partial charge in [-0.05, 0) is 25.5 Å². The molecule has 1 aromatic rings. The van der Waals surface area contributed by atoms with E-state index in [0.717, 1.165) is 6.42 Å². The van der Waals surface area contributed by atoms with E-state index in [9.17, 15) is 9.59 Å². The molecule has 0 fully saturated rings. The number of amides is 2. The molecule has 1 aromatic carbocycles. The van der Waals surface area contributed by atoms with Gasteiger partial charge in [-0.25, -0.2) is 0 Å². The van der Waals surface area contributed by atoms with Crippen LogP contribution in [-0.2, 0) is 4.79 Å². The predicted molar refractivity (Wildman–Crippen MR) is 71.3 cm³/mol. The molecule has 0 radical (unpaired) electrons. The summed E-state index contributed by atoms with van der Waals surface area (Å²) in [6.07, 6.45) is 1.21. The molecule has 2 N–H and O–H groups in total. The molecule has 0 bridgehead atoms. The summed E-state index contributed by atoms with van der Waals surface area (Å²) in [6, 6.07) is 9.15. The molecule has 0 unspecified atom stereocenters. The molecule has 0 spiro atoms. The molecule has 98 valence electrons. The van der Waals surface area contributed by atoms with Gasteiger partial charge in [0.25, 0.3) is 5.91 Å². The Morgan fingerprint density at radius 3 is 2.50 bits per heavy atom. The van der Waals surface area contributed by atoms with Gasteiger partial charge in [-0.2, -0.15) is 0 Å². The molecule has 1 atom stereocenters. The van der Waals surface area contributed by atoms with Crippen molar-refractivity contribution in [2.24, 2.45) is 0 Å². The van der Waals surface area contributed by atoms with Crippen LogP contribution in [0.25, 0.3) is 0 Å². The lowest BCUT2D eigenvalue weighted by Gasteiger charge is -2.11. The average molecular weight is 248 g/mol. The highest BCUT2D eigenvalue weighted by Gasteiger charge is 2.07. The third kappa shape index (κ3) is 4.99. The van der Waals surface area contributed by atoms with Crippen molar-refractivity contribution in [1.29, 1.82) is 0 Å². The molecular formula is C14H20N2O2. The van der Waals surface area contributed by atoms with Crippen molar-refractivity contribution in [3.05, 3.63) is 35.9 Å². The number of benzene rings is 1. The topological polar surface area (TPSA) is 58.2 Å². The summed E-state index contributed by atoms with van der Waals surface area (Å²) in [4.78, 5) is 23.1. The summed E-state index contributed by atoms with van der Waals surface area (Å²) in [6.45, 7) is 4.33. The van der Waals surface area contributed by atoms with Crippen LogP contribution in [0.15, 0.2) is 30.3 Å². The van der Waals surface area contributed by atoms with Crippen molar-refractivity contribution in [2.75, 3.05) is 6.54 Å². The summed E-state index contributed by atoms with van der Waals surface area (Å²) >= 11 is 0. The van der Waals surface area contributed by atoms with Gasteiger partial charge in [-0.3, -0.25) is 9.59 Å². The lowest BCUT2D eigenvalue weighted by molar-refractivity contribution is -0.121. The van der Waals surface area contributed by atoms with E-state index in [-0.39, 0.29) is 17.9 Å². The number of hydrogen-bond donors (Lipinski definition) is 2. The lowest BCUT2D eigenvalue weighted by atomic mass is 10.2. The number of carbonyl (C=O) groups excluding carboxylic acids is 2. The van der Waals surface area contributed by atoms with Gasteiger partial charge in [0.05, 0.1) is 0 Å². The first-order valence-corrected chi connectivity index (χ1v) is 6.26. The summed E-state index contributed by atoms with van der Waals surface area (Å²) in [5, 5.41) is 5.57.